The van der Waals surface area contributed by atoms with Gasteiger partial charge in [-0.05, 0) is 126 Å². The summed E-state index contributed by atoms with van der Waals surface area (Å²) < 4.78 is 134. The van der Waals surface area contributed by atoms with Crippen molar-refractivity contribution < 1.29 is 54.4 Å². The van der Waals surface area contributed by atoms with Gasteiger partial charge in [-0.2, -0.15) is 26.3 Å². The number of hydrogen-bond donors (Lipinski definition) is 3. The van der Waals surface area contributed by atoms with E-state index < -0.39 is 88.5 Å². The summed E-state index contributed by atoms with van der Waals surface area (Å²) in [6.45, 7) is 14.4. The Balaban J connectivity index is 0.000000178. The average Bonchev–Trinajstić information content (AvgIpc) is 1.69. The number of rotatable bonds is 23. The third-order valence-electron chi connectivity index (χ3n) is 18.4. The molecule has 0 fully saturated rings. The first-order chi connectivity index (χ1) is 44.9. The first-order valence-electron chi connectivity index (χ1n) is 32.4. The van der Waals surface area contributed by atoms with Crippen LogP contribution < -0.4 is 13.2 Å². The van der Waals surface area contributed by atoms with E-state index in [4.69, 9.17) is 37.7 Å². The van der Waals surface area contributed by atoms with Crippen LogP contribution in [0.1, 0.15) is 133 Å². The van der Waals surface area contributed by atoms with E-state index in [9.17, 15) is 45.0 Å². The van der Waals surface area contributed by atoms with Crippen molar-refractivity contribution in [1.82, 2.24) is 18.9 Å². The molecule has 6 heterocycles. The quantitative estimate of drug-likeness (QED) is 0.0425. The fraction of sp³-hybridized carbons (Fsp3) is 0.405. The Morgan fingerprint density at radius 1 is 0.611 bits per heavy atom. The second kappa shape index (κ2) is 30.2. The van der Waals surface area contributed by atoms with Gasteiger partial charge in [-0.25, -0.2) is 12.4 Å². The molecule has 95 heavy (non-hydrogen) atoms. The van der Waals surface area contributed by atoms with Gasteiger partial charge in [-0.1, -0.05) is 97.2 Å². The molecule has 2 aliphatic heterocycles. The van der Waals surface area contributed by atoms with Crippen molar-refractivity contribution in [3.8, 4) is 22.8 Å². The number of halogens is 9. The summed E-state index contributed by atoms with van der Waals surface area (Å²) in [6, 6.07) is 39.7. The molecule has 4 aromatic heterocycles. The Bertz CT molecular complexity index is 4190. The third kappa shape index (κ3) is 16.9. The number of nitrogens with one attached hydrogen (secondary N) is 1. The Hall–Kier alpha value is -5.61. The number of hydrogen-bond acceptors (Lipinski definition) is 8. The first-order valence-corrected chi connectivity index (χ1v) is 42.9. The molecule has 0 bridgehead atoms. The van der Waals surface area contributed by atoms with E-state index >= 15 is 0 Å². The van der Waals surface area contributed by atoms with E-state index in [-0.39, 0.29) is 16.1 Å². The summed E-state index contributed by atoms with van der Waals surface area (Å²) in [4.78, 5) is 12.1. The standard InChI is InChI=1S/C29H26BrClF3NO4S.C28H26ClF3N2O2.C5H4N.3C4H9.Sn/c1-27(2,24-15-21(31)13-18-10-11-39-26(18)24)17-28(36,29(32,33)34)16-22-14-19-12-20(30)8-9-25(19)35(22)40(37,38)23-6-4-3-5-7-23;1-26(2,22-14-20(29)12-18-8-10-36-25(18)22)16-27(35,28(30,31)32)15-21-13-19-11-17(6-7-24(19)34-21)23-5-3-4-9-33-23;1-2-4-6-5-3-1;3*1-3-4-2;/h3-9,12-15,36H,10-11,16-17H2,1-2H3;3-7,9,11-14,34-35H,8,10,15-16H2,1-2H3;1-4H;3*1,3-4H2,2H3;. The van der Waals surface area contributed by atoms with E-state index in [0.29, 0.717) is 79.8 Å². The van der Waals surface area contributed by atoms with E-state index in [1.54, 1.807) is 86.1 Å². The molecular weight excluding hydrogens is 1460 g/mol. The van der Waals surface area contributed by atoms with Gasteiger partial charge in [0.2, 0.25) is 0 Å². The van der Waals surface area contributed by atoms with E-state index in [1.807, 2.05) is 42.6 Å². The van der Waals surface area contributed by atoms with Crippen molar-refractivity contribution in [2.45, 2.75) is 178 Å². The molecule has 9 aromatic rings. The molecule has 0 saturated heterocycles. The molecule has 5 aromatic carbocycles. The Morgan fingerprint density at radius 3 is 1.64 bits per heavy atom. The van der Waals surface area contributed by atoms with Gasteiger partial charge in [0, 0.05) is 90.8 Å². The van der Waals surface area contributed by atoms with Crippen molar-refractivity contribution in [1.29, 1.82) is 0 Å². The number of benzene rings is 5. The number of aliphatic hydroxyl groups is 2. The van der Waals surface area contributed by atoms with Crippen LogP contribution >= 0.6 is 39.1 Å². The number of aromatic amines is 1. The Morgan fingerprint density at radius 2 is 1.14 bits per heavy atom. The molecule has 11 rings (SSSR count). The summed E-state index contributed by atoms with van der Waals surface area (Å²) in [6.07, 6.45) is 0.307. The predicted molar refractivity (Wildman–Crippen MR) is 375 cm³/mol. The van der Waals surface area contributed by atoms with Gasteiger partial charge in [0.15, 0.2) is 11.2 Å². The second-order valence-corrected chi connectivity index (χ2v) is 43.3. The zero-order valence-corrected chi connectivity index (χ0v) is 61.4. The SMILES string of the molecule is CC(C)(CC(O)(Cc1cc2cc(-c3ccccn3)ccc2[nH]1)C(F)(F)F)c1cc(Cl)cc2c1OCC2.CC(C)(CC(O)(Cc1cc2cc(Br)ccc2n1S(=O)(=O)c1ccccc1)C(F)(F)F)c1cc(Cl)cc2c1OCC2.CCC[CH2][Sn]([CH2]CCC)([CH2]CCC)[c]1ccccn1. The van der Waals surface area contributed by atoms with Crippen molar-refractivity contribution in [3.63, 3.8) is 0 Å². The van der Waals surface area contributed by atoms with E-state index in [1.165, 1.54) is 88.2 Å². The van der Waals surface area contributed by atoms with Gasteiger partial charge < -0.3 is 24.7 Å². The summed E-state index contributed by atoms with van der Waals surface area (Å²) in [7, 11) is -4.31. The van der Waals surface area contributed by atoms with Gasteiger partial charge in [0.05, 0.1) is 29.3 Å². The molecule has 0 spiro atoms. The fourth-order valence-electron chi connectivity index (χ4n) is 13.6. The molecule has 2 aliphatic rings. The number of alkyl halides is 6. The fourth-order valence-corrected chi connectivity index (χ4v) is 31.5. The monoisotopic (exact) mass is 1540 g/mol. The van der Waals surface area contributed by atoms with Gasteiger partial charge in [-0.3, -0.25) is 4.98 Å². The second-order valence-electron chi connectivity index (χ2n) is 26.7. The molecule has 2 unspecified atom stereocenters. The van der Waals surface area contributed by atoms with Crippen LogP contribution in [0.3, 0.4) is 0 Å². The number of pyridine rings is 2. The van der Waals surface area contributed by atoms with Gasteiger partial charge in [-0.15, -0.1) is 0 Å². The molecule has 0 aliphatic carbocycles. The van der Waals surface area contributed by atoms with Crippen LogP contribution in [0.5, 0.6) is 11.5 Å². The van der Waals surface area contributed by atoms with Crippen LogP contribution in [0.15, 0.2) is 161 Å². The van der Waals surface area contributed by atoms with Crippen LogP contribution in [-0.2, 0) is 46.5 Å². The predicted octanol–water partition coefficient (Wildman–Crippen LogP) is 19.6. The van der Waals surface area contributed by atoms with Gasteiger partial charge in [0.25, 0.3) is 10.0 Å². The third-order valence-corrected chi connectivity index (χ3v) is 36.3. The minimum atomic E-state index is -5.09. The van der Waals surface area contributed by atoms with Crippen LogP contribution in [0.25, 0.3) is 33.1 Å². The minimum absolute atomic E-state index is 0.0841. The maximum atomic E-state index is 14.8. The van der Waals surface area contributed by atoms with Crippen molar-refractivity contribution in [2.75, 3.05) is 13.2 Å². The van der Waals surface area contributed by atoms with Crippen molar-refractivity contribution >= 4 is 93.0 Å². The first kappa shape index (κ1) is 73.6. The number of unbranched alkanes of at least 4 members (excludes halogenated alkanes) is 3. The van der Waals surface area contributed by atoms with Gasteiger partial charge >= 0.3 is 136 Å². The van der Waals surface area contributed by atoms with Crippen molar-refractivity contribution in [3.05, 3.63) is 200 Å². The number of nitrogens with zero attached hydrogens (tertiary/aromatic N) is 3. The molecule has 10 nitrogen and oxygen atoms in total. The van der Waals surface area contributed by atoms with E-state index in [2.05, 4.69) is 64.9 Å². The zero-order valence-electron chi connectivity index (χ0n) is 54.6. The molecule has 3 N–H and O–H groups in total. The molecular formula is C74H83BrCl2F6N4O6SSn. The van der Waals surface area contributed by atoms with E-state index in [0.717, 1.165) is 31.7 Å². The summed E-state index contributed by atoms with van der Waals surface area (Å²) >= 11 is 13.7. The van der Waals surface area contributed by atoms with Crippen LogP contribution in [0, 0.1) is 0 Å². The average molecular weight is 1540 g/mol. The normalized spacial score (nSPS) is 14.8. The zero-order chi connectivity index (χ0) is 68.8. The molecule has 0 radical (unpaired) electrons. The molecule has 508 valence electrons. The molecule has 21 heteroatoms. The number of fused-ring (bicyclic) bond motifs is 4. The Labute approximate surface area is 576 Å². The van der Waals surface area contributed by atoms with Crippen molar-refractivity contribution in [2.24, 2.45) is 0 Å². The molecule has 2 atom stereocenters. The Kier molecular flexibility index (Phi) is 23.4. The summed E-state index contributed by atoms with van der Waals surface area (Å²) in [5, 5.41) is 24.5. The number of H-pyrrole nitrogens is 1. The topological polar surface area (TPSA) is 140 Å². The number of aromatic nitrogens is 4. The van der Waals surface area contributed by atoms with Crippen LogP contribution in [0.4, 0.5) is 26.3 Å². The van der Waals surface area contributed by atoms with Gasteiger partial charge in [0.1, 0.15) is 11.5 Å². The maximum absolute atomic E-state index is 14.8. The number of ether oxygens (including phenoxy) is 2. The summed E-state index contributed by atoms with van der Waals surface area (Å²) in [5.41, 5.74) is -3.27. The molecule has 0 saturated carbocycles. The molecule has 0 amide bonds. The van der Waals surface area contributed by atoms with Crippen LogP contribution in [0.2, 0.25) is 23.4 Å². The summed E-state index contributed by atoms with van der Waals surface area (Å²) in [5.74, 6) is 1.05. The van der Waals surface area contributed by atoms with Crippen LogP contribution in [-0.4, -0.2) is 92.7 Å².